The van der Waals surface area contributed by atoms with Crippen LogP contribution in [0.3, 0.4) is 0 Å². The van der Waals surface area contributed by atoms with Crippen LogP contribution in [0.5, 0.6) is 5.75 Å². The molecule has 0 spiro atoms. The molecule has 2 aromatic carbocycles. The van der Waals surface area contributed by atoms with Gasteiger partial charge in [0.15, 0.2) is 5.76 Å². The number of rotatable bonds is 8. The van der Waals surface area contributed by atoms with Crippen LogP contribution in [0.4, 0.5) is 0 Å². The summed E-state index contributed by atoms with van der Waals surface area (Å²) in [7, 11) is 0.389. The second-order valence-corrected chi connectivity index (χ2v) is 7.94. The molecule has 1 atom stereocenters. The fourth-order valence-electron chi connectivity index (χ4n) is 2.69. The SMILES string of the molecule is COc1ccccc1CNC(=O)c1ccc(C[S@@](=O)Cc2ccccc2Cl)o1. The summed E-state index contributed by atoms with van der Waals surface area (Å²) in [5.41, 5.74) is 1.69. The summed E-state index contributed by atoms with van der Waals surface area (Å²) in [4.78, 5) is 12.3. The predicted octanol–water partition coefficient (Wildman–Crippen LogP) is 4.32. The van der Waals surface area contributed by atoms with E-state index >= 15 is 0 Å². The summed E-state index contributed by atoms with van der Waals surface area (Å²) < 4.78 is 23.2. The number of carbonyl (C=O) groups excluding carboxylic acids is 1. The first-order valence-corrected chi connectivity index (χ1v) is 10.5. The smallest absolute Gasteiger partial charge is 0.287 e. The molecule has 0 unspecified atom stereocenters. The molecule has 0 radical (unpaired) electrons. The molecule has 0 fully saturated rings. The standard InChI is InChI=1S/C21H20ClNO4S/c1-26-19-9-5-3-6-15(19)12-23-21(24)20-11-10-17(27-20)14-28(25)13-16-7-2-4-8-18(16)22/h2-11H,12-14H2,1H3,(H,23,24)/t28-/m0/s1. The van der Waals surface area contributed by atoms with Crippen molar-refractivity contribution >= 4 is 28.3 Å². The Morgan fingerprint density at radius 2 is 1.75 bits per heavy atom. The van der Waals surface area contributed by atoms with Gasteiger partial charge in [-0.15, -0.1) is 0 Å². The molecule has 0 aliphatic carbocycles. The van der Waals surface area contributed by atoms with E-state index < -0.39 is 10.8 Å². The number of benzene rings is 2. The molecule has 3 aromatic rings. The highest BCUT2D eigenvalue weighted by atomic mass is 35.5. The number of halogens is 1. The highest BCUT2D eigenvalue weighted by molar-refractivity contribution is 7.83. The second-order valence-electron chi connectivity index (χ2n) is 6.08. The Bertz CT molecular complexity index is 986. The minimum Gasteiger partial charge on any atom is -0.496 e. The van der Waals surface area contributed by atoms with E-state index in [2.05, 4.69) is 5.32 Å². The van der Waals surface area contributed by atoms with Gasteiger partial charge in [-0.05, 0) is 29.8 Å². The van der Waals surface area contributed by atoms with Gasteiger partial charge in [-0.1, -0.05) is 48.0 Å². The maximum Gasteiger partial charge on any atom is 0.287 e. The lowest BCUT2D eigenvalue weighted by molar-refractivity contribution is 0.0921. The first-order chi connectivity index (χ1) is 13.6. The van der Waals surface area contributed by atoms with Crippen molar-refractivity contribution < 1.29 is 18.2 Å². The second kappa shape index (κ2) is 9.57. The fourth-order valence-corrected chi connectivity index (χ4v) is 4.14. The van der Waals surface area contributed by atoms with Gasteiger partial charge in [0.05, 0.1) is 18.6 Å². The van der Waals surface area contributed by atoms with Crippen molar-refractivity contribution in [1.82, 2.24) is 5.32 Å². The van der Waals surface area contributed by atoms with Gasteiger partial charge in [-0.3, -0.25) is 9.00 Å². The van der Waals surface area contributed by atoms with Gasteiger partial charge < -0.3 is 14.5 Å². The lowest BCUT2D eigenvalue weighted by Crippen LogP contribution is -2.22. The maximum atomic E-state index is 12.4. The zero-order chi connectivity index (χ0) is 19.9. The van der Waals surface area contributed by atoms with Crippen LogP contribution in [-0.2, 0) is 28.9 Å². The van der Waals surface area contributed by atoms with E-state index in [4.69, 9.17) is 20.8 Å². The molecule has 7 heteroatoms. The van der Waals surface area contributed by atoms with Crippen LogP contribution >= 0.6 is 11.6 Å². The molecule has 1 amide bonds. The molecule has 0 bridgehead atoms. The normalized spacial score (nSPS) is 11.8. The Hall–Kier alpha value is -2.57. The first kappa shape index (κ1) is 20.2. The van der Waals surface area contributed by atoms with Crippen LogP contribution in [0.1, 0.15) is 27.4 Å². The van der Waals surface area contributed by atoms with Crippen molar-refractivity contribution in [2.24, 2.45) is 0 Å². The molecule has 0 aliphatic heterocycles. The third-order valence-corrected chi connectivity index (χ3v) is 5.70. The monoisotopic (exact) mass is 417 g/mol. The number of methoxy groups -OCH3 is 1. The Kier molecular flexibility index (Phi) is 6.90. The minimum atomic E-state index is -1.20. The van der Waals surface area contributed by atoms with E-state index in [0.717, 1.165) is 11.1 Å². The number of para-hydroxylation sites is 1. The summed E-state index contributed by atoms with van der Waals surface area (Å²) in [5, 5.41) is 3.39. The van der Waals surface area contributed by atoms with E-state index in [1.165, 1.54) is 0 Å². The van der Waals surface area contributed by atoms with Crippen LogP contribution in [0, 0.1) is 0 Å². The third-order valence-electron chi connectivity index (χ3n) is 4.09. The van der Waals surface area contributed by atoms with Crippen molar-refractivity contribution in [1.29, 1.82) is 0 Å². The number of furan rings is 1. The van der Waals surface area contributed by atoms with Crippen molar-refractivity contribution in [3.05, 3.63) is 88.3 Å². The molecular weight excluding hydrogens is 398 g/mol. The molecule has 1 aromatic heterocycles. The van der Waals surface area contributed by atoms with Gasteiger partial charge in [0.25, 0.3) is 5.91 Å². The van der Waals surface area contributed by atoms with Crippen LogP contribution in [-0.4, -0.2) is 17.2 Å². The molecule has 28 heavy (non-hydrogen) atoms. The van der Waals surface area contributed by atoms with E-state index in [9.17, 15) is 9.00 Å². The molecule has 5 nitrogen and oxygen atoms in total. The van der Waals surface area contributed by atoms with E-state index in [0.29, 0.717) is 28.8 Å². The van der Waals surface area contributed by atoms with Crippen LogP contribution in [0.15, 0.2) is 65.1 Å². The van der Waals surface area contributed by atoms with Crippen molar-refractivity contribution in [3.63, 3.8) is 0 Å². The average Bonchev–Trinajstić information content (AvgIpc) is 3.16. The van der Waals surface area contributed by atoms with Crippen molar-refractivity contribution in [2.45, 2.75) is 18.1 Å². The number of carbonyl (C=O) groups is 1. The number of hydrogen-bond donors (Lipinski definition) is 1. The summed E-state index contributed by atoms with van der Waals surface area (Å²) in [6.45, 7) is 0.317. The fraction of sp³-hybridized carbons (Fsp3) is 0.190. The van der Waals surface area contributed by atoms with Gasteiger partial charge in [0, 0.05) is 27.9 Å². The molecular formula is C21H20ClNO4S. The van der Waals surface area contributed by atoms with E-state index in [1.54, 1.807) is 25.3 Å². The number of amides is 1. The summed E-state index contributed by atoms with van der Waals surface area (Å²) >= 11 is 6.10. The lowest BCUT2D eigenvalue weighted by Gasteiger charge is -2.08. The van der Waals surface area contributed by atoms with Crippen LogP contribution in [0.2, 0.25) is 5.02 Å². The Balaban J connectivity index is 1.56. The van der Waals surface area contributed by atoms with Gasteiger partial charge >= 0.3 is 0 Å². The summed E-state index contributed by atoms with van der Waals surface area (Å²) in [6.07, 6.45) is 0. The highest BCUT2D eigenvalue weighted by Gasteiger charge is 2.14. The zero-order valence-electron chi connectivity index (χ0n) is 15.3. The number of hydrogen-bond acceptors (Lipinski definition) is 4. The lowest BCUT2D eigenvalue weighted by atomic mass is 10.2. The number of ether oxygens (including phenoxy) is 1. The molecule has 0 saturated heterocycles. The molecule has 1 heterocycles. The Morgan fingerprint density at radius 1 is 1.04 bits per heavy atom. The molecule has 3 rings (SSSR count). The third kappa shape index (κ3) is 5.24. The van der Waals surface area contributed by atoms with E-state index in [-0.39, 0.29) is 17.4 Å². The zero-order valence-corrected chi connectivity index (χ0v) is 16.9. The average molecular weight is 418 g/mol. The largest absolute Gasteiger partial charge is 0.496 e. The van der Waals surface area contributed by atoms with Crippen LogP contribution in [0.25, 0.3) is 0 Å². The topological polar surface area (TPSA) is 68.5 Å². The first-order valence-electron chi connectivity index (χ1n) is 8.64. The Labute approximate surface area is 171 Å². The van der Waals surface area contributed by atoms with E-state index in [1.807, 2.05) is 42.5 Å². The molecule has 1 N–H and O–H groups in total. The summed E-state index contributed by atoms with van der Waals surface area (Å²) in [5.74, 6) is 1.58. The molecule has 0 aliphatic rings. The van der Waals surface area contributed by atoms with Crippen LogP contribution < -0.4 is 10.1 Å². The van der Waals surface area contributed by atoms with Gasteiger partial charge in [0.1, 0.15) is 11.5 Å². The quantitative estimate of drug-likeness (QED) is 0.592. The maximum absolute atomic E-state index is 12.4. The number of nitrogens with one attached hydrogen (secondary N) is 1. The molecule has 146 valence electrons. The van der Waals surface area contributed by atoms with Gasteiger partial charge in [-0.2, -0.15) is 0 Å². The highest BCUT2D eigenvalue weighted by Crippen LogP contribution is 2.19. The molecule has 0 saturated carbocycles. The van der Waals surface area contributed by atoms with Crippen molar-refractivity contribution in [2.75, 3.05) is 7.11 Å². The Morgan fingerprint density at radius 3 is 2.50 bits per heavy atom. The van der Waals surface area contributed by atoms with Crippen molar-refractivity contribution in [3.8, 4) is 5.75 Å². The van der Waals surface area contributed by atoms with Gasteiger partial charge in [0.2, 0.25) is 0 Å². The summed E-state index contributed by atoms with van der Waals surface area (Å²) in [6, 6.07) is 18.0. The van der Waals surface area contributed by atoms with Gasteiger partial charge in [-0.25, -0.2) is 0 Å². The predicted molar refractivity (Wildman–Crippen MR) is 110 cm³/mol. The minimum absolute atomic E-state index is 0.180.